The third-order valence-electron chi connectivity index (χ3n) is 2.10. The molecule has 0 atom stereocenters. The number of aromatic nitrogens is 3. The molecule has 2 rings (SSSR count). The van der Waals surface area contributed by atoms with Crippen molar-refractivity contribution in [2.45, 2.75) is 19.8 Å². The van der Waals surface area contributed by atoms with Gasteiger partial charge in [-0.3, -0.25) is 4.79 Å². The molecule has 2 aromatic rings. The lowest BCUT2D eigenvalue weighted by molar-refractivity contribution is 0.859. The molecule has 0 fully saturated rings. The molecule has 0 spiro atoms. The molecule has 17 heavy (non-hydrogen) atoms. The second-order valence-electron chi connectivity index (χ2n) is 3.39. The Morgan fingerprint density at radius 1 is 1.59 bits per heavy atom. The van der Waals surface area contributed by atoms with Crippen molar-refractivity contribution >= 4 is 45.5 Å². The number of rotatable bonds is 3. The topological polar surface area (TPSA) is 58.6 Å². The molecule has 0 saturated carbocycles. The van der Waals surface area contributed by atoms with Crippen LogP contribution < -0.4 is 5.56 Å². The maximum Gasteiger partial charge on any atom is 0.264 e. The molecule has 2 aromatic heterocycles. The number of aromatic amines is 1. The highest BCUT2D eigenvalue weighted by Crippen LogP contribution is 2.25. The summed E-state index contributed by atoms with van der Waals surface area (Å²) >= 11 is 9.14. The lowest BCUT2D eigenvalue weighted by Gasteiger charge is -2.03. The van der Waals surface area contributed by atoms with E-state index < -0.39 is 0 Å². The van der Waals surface area contributed by atoms with Crippen LogP contribution in [0.2, 0.25) is 4.34 Å². The Kier molecular flexibility index (Phi) is 4.16. The molecule has 0 amide bonds. The van der Waals surface area contributed by atoms with Crippen LogP contribution in [0, 0.1) is 3.57 Å². The fourth-order valence-electron chi connectivity index (χ4n) is 1.37. The van der Waals surface area contributed by atoms with Crippen molar-refractivity contribution in [1.29, 1.82) is 0 Å². The van der Waals surface area contributed by atoms with Crippen LogP contribution in [0.3, 0.4) is 0 Å². The SMILES string of the molecule is CCCc1nc(-c2ncc(Cl)s2)[nH]c(=O)c1I. The minimum absolute atomic E-state index is 0.120. The predicted molar refractivity (Wildman–Crippen MR) is 77.7 cm³/mol. The number of nitrogens with one attached hydrogen (secondary N) is 1. The molecule has 0 saturated heterocycles. The Hall–Kier alpha value is -0.470. The molecule has 0 aliphatic heterocycles. The van der Waals surface area contributed by atoms with Crippen molar-refractivity contribution in [3.05, 3.63) is 30.2 Å². The zero-order chi connectivity index (χ0) is 12.4. The largest absolute Gasteiger partial charge is 0.304 e. The quantitative estimate of drug-likeness (QED) is 0.831. The number of thiazole rings is 1. The van der Waals surface area contributed by atoms with Crippen molar-refractivity contribution in [3.63, 3.8) is 0 Å². The lowest BCUT2D eigenvalue weighted by atomic mass is 10.2. The van der Waals surface area contributed by atoms with Gasteiger partial charge in [-0.15, -0.1) is 0 Å². The third kappa shape index (κ3) is 2.86. The van der Waals surface area contributed by atoms with Crippen molar-refractivity contribution in [3.8, 4) is 10.8 Å². The number of hydrogen-bond donors (Lipinski definition) is 1. The molecule has 1 N–H and O–H groups in total. The Balaban J connectivity index is 2.52. The second kappa shape index (κ2) is 5.45. The number of nitrogens with zero attached hydrogens (tertiary/aromatic N) is 2. The molecule has 0 aliphatic rings. The molecule has 90 valence electrons. The van der Waals surface area contributed by atoms with Gasteiger partial charge in [0.05, 0.1) is 15.5 Å². The summed E-state index contributed by atoms with van der Waals surface area (Å²) in [6, 6.07) is 0. The van der Waals surface area contributed by atoms with Crippen LogP contribution in [0.25, 0.3) is 10.8 Å². The van der Waals surface area contributed by atoms with Crippen molar-refractivity contribution in [1.82, 2.24) is 15.0 Å². The van der Waals surface area contributed by atoms with Gasteiger partial charge in [0.2, 0.25) is 0 Å². The predicted octanol–water partition coefficient (Wildman–Crippen LogP) is 3.10. The van der Waals surface area contributed by atoms with E-state index >= 15 is 0 Å². The highest BCUT2D eigenvalue weighted by Gasteiger charge is 2.12. The van der Waals surface area contributed by atoms with E-state index in [0.717, 1.165) is 18.5 Å². The number of halogens is 2. The van der Waals surface area contributed by atoms with E-state index in [1.165, 1.54) is 11.3 Å². The van der Waals surface area contributed by atoms with Crippen molar-refractivity contribution in [2.75, 3.05) is 0 Å². The van der Waals surface area contributed by atoms with E-state index in [4.69, 9.17) is 11.6 Å². The molecule has 0 bridgehead atoms. The molecule has 0 radical (unpaired) electrons. The van der Waals surface area contributed by atoms with E-state index in [9.17, 15) is 4.79 Å². The Morgan fingerprint density at radius 2 is 2.35 bits per heavy atom. The summed E-state index contributed by atoms with van der Waals surface area (Å²) in [4.78, 5) is 23.0. The summed E-state index contributed by atoms with van der Waals surface area (Å²) < 4.78 is 1.23. The fraction of sp³-hybridized carbons (Fsp3) is 0.300. The van der Waals surface area contributed by atoms with E-state index in [-0.39, 0.29) is 5.56 Å². The highest BCUT2D eigenvalue weighted by molar-refractivity contribution is 14.1. The minimum atomic E-state index is -0.120. The van der Waals surface area contributed by atoms with E-state index in [0.29, 0.717) is 18.7 Å². The smallest absolute Gasteiger partial charge is 0.264 e. The first kappa shape index (κ1) is 13.0. The van der Waals surface area contributed by atoms with E-state index in [1.807, 2.05) is 22.6 Å². The van der Waals surface area contributed by atoms with E-state index in [1.54, 1.807) is 6.20 Å². The summed E-state index contributed by atoms with van der Waals surface area (Å²) in [5, 5.41) is 0.640. The molecule has 7 heteroatoms. The zero-order valence-electron chi connectivity index (χ0n) is 8.96. The molecule has 0 aliphatic carbocycles. The first-order chi connectivity index (χ1) is 8.11. The first-order valence-corrected chi connectivity index (χ1v) is 7.29. The molecule has 4 nitrogen and oxygen atoms in total. The van der Waals surface area contributed by atoms with Gasteiger partial charge in [-0.2, -0.15) is 0 Å². The van der Waals surface area contributed by atoms with Crippen LogP contribution in [0.15, 0.2) is 11.0 Å². The van der Waals surface area contributed by atoms with Gasteiger partial charge < -0.3 is 4.98 Å². The minimum Gasteiger partial charge on any atom is -0.304 e. The van der Waals surface area contributed by atoms with Crippen LogP contribution >= 0.6 is 45.5 Å². The van der Waals surface area contributed by atoms with Crippen molar-refractivity contribution < 1.29 is 0 Å². The van der Waals surface area contributed by atoms with Crippen LogP contribution in [-0.2, 0) is 6.42 Å². The highest BCUT2D eigenvalue weighted by atomic mass is 127. The first-order valence-electron chi connectivity index (χ1n) is 5.02. The van der Waals surface area contributed by atoms with Gasteiger partial charge in [-0.05, 0) is 29.0 Å². The summed E-state index contributed by atoms with van der Waals surface area (Å²) in [7, 11) is 0. The normalized spacial score (nSPS) is 10.8. The maximum atomic E-state index is 11.8. The van der Waals surface area contributed by atoms with Gasteiger partial charge >= 0.3 is 0 Å². The summed E-state index contributed by atoms with van der Waals surface area (Å²) in [5.74, 6) is 0.496. The van der Waals surface area contributed by atoms with Crippen LogP contribution in [0.4, 0.5) is 0 Å². The molecule has 0 aromatic carbocycles. The Labute approximate surface area is 121 Å². The average Bonchev–Trinajstić information content (AvgIpc) is 2.71. The Morgan fingerprint density at radius 3 is 2.94 bits per heavy atom. The molecule has 2 heterocycles. The van der Waals surface area contributed by atoms with Crippen LogP contribution in [0.1, 0.15) is 19.0 Å². The van der Waals surface area contributed by atoms with Gasteiger partial charge in [0.25, 0.3) is 5.56 Å². The van der Waals surface area contributed by atoms with Gasteiger partial charge in [-0.25, -0.2) is 9.97 Å². The standard InChI is InChI=1S/C10H9ClIN3OS/c1-2-3-5-7(12)9(16)15-8(14-5)10-13-4-6(11)17-10/h4H,2-3H2,1H3,(H,14,15,16). The fourth-order valence-corrected chi connectivity index (χ4v) is 2.76. The Bertz CT molecular complexity index is 595. The third-order valence-corrected chi connectivity index (χ3v) is 4.33. The lowest BCUT2D eigenvalue weighted by Crippen LogP contribution is -2.16. The maximum absolute atomic E-state index is 11.8. The molecular weight excluding hydrogens is 373 g/mol. The monoisotopic (exact) mass is 381 g/mol. The zero-order valence-corrected chi connectivity index (χ0v) is 12.7. The van der Waals surface area contributed by atoms with Gasteiger partial charge in [-0.1, -0.05) is 36.3 Å². The summed E-state index contributed by atoms with van der Waals surface area (Å²) in [6.07, 6.45) is 3.29. The average molecular weight is 382 g/mol. The van der Waals surface area contributed by atoms with Gasteiger partial charge in [0.1, 0.15) is 4.34 Å². The van der Waals surface area contributed by atoms with Gasteiger partial charge in [0, 0.05) is 0 Å². The van der Waals surface area contributed by atoms with Crippen LogP contribution in [0.5, 0.6) is 0 Å². The summed E-state index contributed by atoms with van der Waals surface area (Å²) in [6.45, 7) is 2.05. The van der Waals surface area contributed by atoms with Gasteiger partial charge in [0.15, 0.2) is 10.8 Å². The van der Waals surface area contributed by atoms with Crippen molar-refractivity contribution in [2.24, 2.45) is 0 Å². The summed E-state index contributed by atoms with van der Waals surface area (Å²) in [5.41, 5.74) is 0.698. The molecule has 0 unspecified atom stereocenters. The number of hydrogen-bond acceptors (Lipinski definition) is 4. The molecular formula is C10H9ClIN3OS. The second-order valence-corrected chi connectivity index (χ2v) is 6.14. The number of H-pyrrole nitrogens is 1. The van der Waals surface area contributed by atoms with E-state index in [2.05, 4.69) is 21.9 Å². The van der Waals surface area contributed by atoms with Crippen LogP contribution in [-0.4, -0.2) is 15.0 Å². The number of aryl methyl sites for hydroxylation is 1.